The largest absolute Gasteiger partial charge is 0.378 e. The zero-order valence-corrected chi connectivity index (χ0v) is 21.7. The summed E-state index contributed by atoms with van der Waals surface area (Å²) in [5.41, 5.74) is 2.21. The molecule has 3 amide bonds. The number of aliphatic imine (C=N–C) groups is 1. The van der Waals surface area contributed by atoms with Gasteiger partial charge in [0.1, 0.15) is 6.04 Å². The zero-order valence-electron chi connectivity index (χ0n) is 21.7. The van der Waals surface area contributed by atoms with E-state index in [0.29, 0.717) is 18.5 Å². The monoisotopic (exact) mass is 504 g/mol. The van der Waals surface area contributed by atoms with Gasteiger partial charge in [0.25, 0.3) is 5.91 Å². The number of nitrogens with one attached hydrogen (secondary N) is 2. The SMILES string of the molecule is CN(C)c1cccc(NC(=NC2CCCCN(CC(=O)N3CCCC3)C2=O)NC(=O)c2ccccc2)c1. The molecule has 2 aromatic rings. The predicted molar refractivity (Wildman–Crippen MR) is 146 cm³/mol. The zero-order chi connectivity index (χ0) is 26.2. The first-order valence-corrected chi connectivity index (χ1v) is 13.0. The van der Waals surface area contributed by atoms with E-state index in [-0.39, 0.29) is 30.2 Å². The third-order valence-electron chi connectivity index (χ3n) is 6.72. The molecule has 4 rings (SSSR count). The first kappa shape index (κ1) is 26.2. The Hall–Kier alpha value is -3.88. The van der Waals surface area contributed by atoms with Crippen LogP contribution in [-0.2, 0) is 9.59 Å². The van der Waals surface area contributed by atoms with E-state index in [0.717, 1.165) is 50.1 Å². The fourth-order valence-corrected chi connectivity index (χ4v) is 4.61. The second-order valence-corrected chi connectivity index (χ2v) is 9.73. The molecule has 2 N–H and O–H groups in total. The Morgan fingerprint density at radius 3 is 2.43 bits per heavy atom. The van der Waals surface area contributed by atoms with Crippen LogP contribution in [0.1, 0.15) is 42.5 Å². The third kappa shape index (κ3) is 7.09. The maximum absolute atomic E-state index is 13.5. The maximum Gasteiger partial charge on any atom is 0.257 e. The van der Waals surface area contributed by atoms with Gasteiger partial charge in [0, 0.05) is 50.7 Å². The summed E-state index contributed by atoms with van der Waals surface area (Å²) in [5.74, 6) is -0.305. The van der Waals surface area contributed by atoms with E-state index in [1.54, 1.807) is 29.2 Å². The molecule has 1 unspecified atom stereocenters. The third-order valence-corrected chi connectivity index (χ3v) is 6.72. The van der Waals surface area contributed by atoms with Gasteiger partial charge in [-0.15, -0.1) is 0 Å². The molecule has 0 aromatic heterocycles. The molecule has 0 saturated carbocycles. The number of carbonyl (C=O) groups is 3. The lowest BCUT2D eigenvalue weighted by molar-refractivity contribution is -0.140. The Morgan fingerprint density at radius 1 is 0.973 bits per heavy atom. The quantitative estimate of drug-likeness (QED) is 0.466. The predicted octanol–water partition coefficient (Wildman–Crippen LogP) is 2.95. The number of rotatable bonds is 6. The normalized spacial score (nSPS) is 18.4. The van der Waals surface area contributed by atoms with Crippen LogP contribution in [0.15, 0.2) is 59.6 Å². The molecule has 2 saturated heterocycles. The summed E-state index contributed by atoms with van der Waals surface area (Å²) in [6.45, 7) is 2.13. The highest BCUT2D eigenvalue weighted by Crippen LogP contribution is 2.19. The standard InChI is InChI=1S/C28H36N6O3/c1-32(2)23-14-10-13-22(19-23)29-28(31-26(36)21-11-4-3-5-12-21)30-24-15-6-7-18-34(27(24)37)20-25(35)33-16-8-9-17-33/h3-5,10-14,19,24H,6-9,15-18,20H2,1-2H3,(H2,29,30,31,36). The van der Waals surface area contributed by atoms with Crippen molar-refractivity contribution in [2.75, 3.05) is 50.5 Å². The first-order valence-electron chi connectivity index (χ1n) is 13.0. The lowest BCUT2D eigenvalue weighted by atomic mass is 10.1. The second-order valence-electron chi connectivity index (χ2n) is 9.73. The Balaban J connectivity index is 1.57. The molecule has 0 bridgehead atoms. The van der Waals surface area contributed by atoms with Crippen molar-refractivity contribution in [2.24, 2.45) is 4.99 Å². The molecule has 2 fully saturated rings. The van der Waals surface area contributed by atoms with Gasteiger partial charge in [-0.05, 0) is 62.4 Å². The average molecular weight is 505 g/mol. The number of benzene rings is 2. The Kier molecular flexibility index (Phi) is 8.77. The van der Waals surface area contributed by atoms with Gasteiger partial charge >= 0.3 is 0 Å². The fourth-order valence-electron chi connectivity index (χ4n) is 4.61. The fraction of sp³-hybridized carbons (Fsp3) is 0.429. The average Bonchev–Trinajstić information content (AvgIpc) is 3.39. The number of anilines is 2. The van der Waals surface area contributed by atoms with Gasteiger partial charge in [-0.2, -0.15) is 0 Å². The molecular weight excluding hydrogens is 468 g/mol. The molecule has 1 atom stereocenters. The van der Waals surface area contributed by atoms with Crippen molar-refractivity contribution in [1.29, 1.82) is 0 Å². The van der Waals surface area contributed by atoms with Crippen LogP contribution in [-0.4, -0.2) is 79.8 Å². The van der Waals surface area contributed by atoms with Crippen molar-refractivity contribution in [2.45, 2.75) is 38.1 Å². The van der Waals surface area contributed by atoms with Crippen LogP contribution in [0.3, 0.4) is 0 Å². The van der Waals surface area contributed by atoms with Crippen molar-refractivity contribution in [3.63, 3.8) is 0 Å². The Morgan fingerprint density at radius 2 is 1.70 bits per heavy atom. The molecule has 0 radical (unpaired) electrons. The number of nitrogens with zero attached hydrogens (tertiary/aromatic N) is 4. The van der Waals surface area contributed by atoms with E-state index in [9.17, 15) is 14.4 Å². The van der Waals surface area contributed by atoms with Crippen molar-refractivity contribution in [1.82, 2.24) is 15.1 Å². The van der Waals surface area contributed by atoms with E-state index >= 15 is 0 Å². The summed E-state index contributed by atoms with van der Waals surface area (Å²) in [4.78, 5) is 49.4. The van der Waals surface area contributed by atoms with Gasteiger partial charge in [-0.3, -0.25) is 19.7 Å². The van der Waals surface area contributed by atoms with Crippen LogP contribution in [0, 0.1) is 0 Å². The van der Waals surface area contributed by atoms with Crippen molar-refractivity contribution in [3.8, 4) is 0 Å². The molecular formula is C28H36N6O3. The maximum atomic E-state index is 13.5. The van der Waals surface area contributed by atoms with Gasteiger partial charge < -0.3 is 20.0 Å². The van der Waals surface area contributed by atoms with E-state index in [1.807, 2.05) is 54.2 Å². The highest BCUT2D eigenvalue weighted by Gasteiger charge is 2.30. The lowest BCUT2D eigenvalue weighted by Gasteiger charge is -2.25. The molecule has 9 nitrogen and oxygen atoms in total. The minimum Gasteiger partial charge on any atom is -0.378 e. The molecule has 196 valence electrons. The van der Waals surface area contributed by atoms with Crippen LogP contribution in [0.4, 0.5) is 11.4 Å². The van der Waals surface area contributed by atoms with Gasteiger partial charge in [-0.25, -0.2) is 4.99 Å². The molecule has 2 aromatic carbocycles. The number of guanidine groups is 1. The van der Waals surface area contributed by atoms with Crippen molar-refractivity contribution < 1.29 is 14.4 Å². The van der Waals surface area contributed by atoms with Crippen LogP contribution in [0.25, 0.3) is 0 Å². The lowest BCUT2D eigenvalue weighted by Crippen LogP contribution is -2.45. The molecule has 9 heteroatoms. The summed E-state index contributed by atoms with van der Waals surface area (Å²) in [7, 11) is 3.90. The van der Waals surface area contributed by atoms with Gasteiger partial charge in [0.15, 0.2) is 0 Å². The van der Waals surface area contributed by atoms with Crippen molar-refractivity contribution in [3.05, 3.63) is 60.2 Å². The number of carbonyl (C=O) groups excluding carboxylic acids is 3. The highest BCUT2D eigenvalue weighted by atomic mass is 16.2. The molecule has 0 spiro atoms. The topological polar surface area (TPSA) is 97.3 Å². The van der Waals surface area contributed by atoms with E-state index < -0.39 is 6.04 Å². The summed E-state index contributed by atoms with van der Waals surface area (Å²) >= 11 is 0. The van der Waals surface area contributed by atoms with E-state index in [4.69, 9.17) is 4.99 Å². The molecule has 37 heavy (non-hydrogen) atoms. The molecule has 2 aliphatic heterocycles. The number of hydrogen-bond acceptors (Lipinski definition) is 5. The molecule has 2 aliphatic rings. The first-order chi connectivity index (χ1) is 17.9. The summed E-state index contributed by atoms with van der Waals surface area (Å²) < 4.78 is 0. The number of hydrogen-bond donors (Lipinski definition) is 2. The summed E-state index contributed by atoms with van der Waals surface area (Å²) in [6.07, 6.45) is 4.20. The second kappa shape index (κ2) is 12.4. The number of amides is 3. The molecule has 2 heterocycles. The van der Waals surface area contributed by atoms with Crippen LogP contribution in [0.2, 0.25) is 0 Å². The molecule has 0 aliphatic carbocycles. The van der Waals surface area contributed by atoms with Gasteiger partial charge in [0.2, 0.25) is 17.8 Å². The Bertz CT molecular complexity index is 1130. The summed E-state index contributed by atoms with van der Waals surface area (Å²) in [6, 6.07) is 15.9. The van der Waals surface area contributed by atoms with Gasteiger partial charge in [0.05, 0.1) is 6.54 Å². The Labute approximate surface area is 218 Å². The van der Waals surface area contributed by atoms with Crippen LogP contribution in [0.5, 0.6) is 0 Å². The van der Waals surface area contributed by atoms with Crippen molar-refractivity contribution >= 4 is 35.1 Å². The van der Waals surface area contributed by atoms with Gasteiger partial charge in [-0.1, -0.05) is 24.3 Å². The smallest absolute Gasteiger partial charge is 0.257 e. The van der Waals surface area contributed by atoms with E-state index in [2.05, 4.69) is 10.6 Å². The minimum absolute atomic E-state index is 0.00768. The van der Waals surface area contributed by atoms with Crippen LogP contribution < -0.4 is 15.5 Å². The minimum atomic E-state index is -0.690. The number of likely N-dealkylation sites (tertiary alicyclic amines) is 2. The highest BCUT2D eigenvalue weighted by molar-refractivity contribution is 6.10. The van der Waals surface area contributed by atoms with Crippen LogP contribution >= 0.6 is 0 Å². The van der Waals surface area contributed by atoms with E-state index in [1.165, 1.54) is 0 Å². The summed E-state index contributed by atoms with van der Waals surface area (Å²) in [5, 5.41) is 6.07.